The largest absolute Gasteiger partial charge is 0.352 e. The van der Waals surface area contributed by atoms with Gasteiger partial charge in [0.05, 0.1) is 12.1 Å². The zero-order valence-electron chi connectivity index (χ0n) is 15.6. The van der Waals surface area contributed by atoms with Gasteiger partial charge in [0, 0.05) is 16.3 Å². The summed E-state index contributed by atoms with van der Waals surface area (Å²) in [6, 6.07) is 26.0. The van der Waals surface area contributed by atoms with Gasteiger partial charge in [-0.1, -0.05) is 60.3 Å². The molecule has 144 valence electrons. The molecule has 0 unspecified atom stereocenters. The minimum Gasteiger partial charge on any atom is -0.352 e. The van der Waals surface area contributed by atoms with Crippen LogP contribution >= 0.6 is 11.8 Å². The Morgan fingerprint density at radius 2 is 1.69 bits per heavy atom. The van der Waals surface area contributed by atoms with E-state index < -0.39 is 0 Å². The number of carbonyl (C=O) groups excluding carboxylic acids is 1. The summed E-state index contributed by atoms with van der Waals surface area (Å²) in [4.78, 5) is 14.7. The van der Waals surface area contributed by atoms with Crippen molar-refractivity contribution in [2.45, 2.75) is 22.8 Å². The van der Waals surface area contributed by atoms with Crippen molar-refractivity contribution >= 4 is 17.7 Å². The van der Waals surface area contributed by atoms with E-state index in [-0.39, 0.29) is 5.91 Å². The van der Waals surface area contributed by atoms with Crippen molar-refractivity contribution in [3.63, 3.8) is 0 Å². The molecule has 1 amide bonds. The van der Waals surface area contributed by atoms with Gasteiger partial charge in [-0.3, -0.25) is 4.79 Å². The molecule has 0 saturated heterocycles. The van der Waals surface area contributed by atoms with Crippen LogP contribution in [0.2, 0.25) is 0 Å². The van der Waals surface area contributed by atoms with E-state index in [1.54, 1.807) is 16.4 Å². The second kappa shape index (κ2) is 9.16. The van der Waals surface area contributed by atoms with Crippen molar-refractivity contribution in [3.8, 4) is 5.69 Å². The third kappa shape index (κ3) is 5.08. The zero-order chi connectivity index (χ0) is 19.9. The van der Waals surface area contributed by atoms with E-state index in [9.17, 15) is 4.79 Å². The Balaban J connectivity index is 1.35. The Labute approximate surface area is 173 Å². The number of aromatic nitrogens is 4. The predicted octanol–water partition coefficient (Wildman–Crippen LogP) is 3.67. The molecule has 0 aliphatic carbocycles. The van der Waals surface area contributed by atoms with Crippen molar-refractivity contribution < 1.29 is 4.79 Å². The van der Waals surface area contributed by atoms with Gasteiger partial charge < -0.3 is 5.32 Å². The Morgan fingerprint density at radius 1 is 0.931 bits per heavy atom. The number of nitrogens with one attached hydrogen (secondary N) is 1. The summed E-state index contributed by atoms with van der Waals surface area (Å²) >= 11 is 1.70. The van der Waals surface area contributed by atoms with Crippen LogP contribution in [0.4, 0.5) is 0 Å². The predicted molar refractivity (Wildman–Crippen MR) is 112 cm³/mol. The van der Waals surface area contributed by atoms with Crippen LogP contribution in [0.1, 0.15) is 11.1 Å². The van der Waals surface area contributed by atoms with Gasteiger partial charge in [-0.2, -0.15) is 0 Å². The number of carbonyl (C=O) groups is 1. The van der Waals surface area contributed by atoms with Gasteiger partial charge in [-0.05, 0) is 51.9 Å². The van der Waals surface area contributed by atoms with Gasteiger partial charge in [0.2, 0.25) is 5.91 Å². The number of rotatable bonds is 7. The zero-order valence-corrected chi connectivity index (χ0v) is 16.4. The number of tetrazole rings is 1. The van der Waals surface area contributed by atoms with E-state index in [2.05, 4.69) is 39.0 Å². The van der Waals surface area contributed by atoms with E-state index in [4.69, 9.17) is 0 Å². The fraction of sp³-hybridized carbons (Fsp3) is 0.0909. The number of hydrogen-bond donors (Lipinski definition) is 1. The summed E-state index contributed by atoms with van der Waals surface area (Å²) in [6.07, 6.45) is 1.86. The summed E-state index contributed by atoms with van der Waals surface area (Å²) < 4.78 is 1.57. The molecule has 0 radical (unpaired) electrons. The monoisotopic (exact) mass is 401 g/mol. The lowest BCUT2D eigenvalue weighted by atomic mass is 10.1. The van der Waals surface area contributed by atoms with Crippen LogP contribution in [0.15, 0.2) is 95.0 Å². The molecular formula is C22H19N5OS. The van der Waals surface area contributed by atoms with Crippen molar-refractivity contribution in [1.29, 1.82) is 0 Å². The van der Waals surface area contributed by atoms with Crippen LogP contribution in [0, 0.1) is 0 Å². The van der Waals surface area contributed by atoms with Gasteiger partial charge in [0.15, 0.2) is 0 Å². The van der Waals surface area contributed by atoms with Crippen molar-refractivity contribution in [2.24, 2.45) is 0 Å². The molecule has 7 heteroatoms. The highest BCUT2D eigenvalue weighted by Crippen LogP contribution is 2.30. The first-order valence-electron chi connectivity index (χ1n) is 9.18. The third-order valence-corrected chi connectivity index (χ3v) is 5.46. The highest BCUT2D eigenvalue weighted by atomic mass is 32.2. The molecular weight excluding hydrogens is 382 g/mol. The molecule has 6 nitrogen and oxygen atoms in total. The van der Waals surface area contributed by atoms with Gasteiger partial charge in [0.25, 0.3) is 0 Å². The summed E-state index contributed by atoms with van der Waals surface area (Å²) in [5, 5.41) is 14.1. The van der Waals surface area contributed by atoms with Crippen LogP contribution < -0.4 is 5.32 Å². The summed E-state index contributed by atoms with van der Waals surface area (Å²) in [5.74, 6) is -0.0142. The SMILES string of the molecule is O=C(Cc1ccc(-n2cnnn2)cc1)NCc1ccccc1Sc1ccccc1. The number of nitrogens with zero attached hydrogens (tertiary/aromatic N) is 4. The van der Waals surface area contributed by atoms with E-state index >= 15 is 0 Å². The molecule has 3 aromatic carbocycles. The molecule has 4 aromatic rings. The lowest BCUT2D eigenvalue weighted by Gasteiger charge is -2.11. The molecule has 0 atom stereocenters. The highest BCUT2D eigenvalue weighted by Gasteiger charge is 2.08. The number of hydrogen-bond acceptors (Lipinski definition) is 5. The molecule has 0 saturated carbocycles. The standard InChI is InChI=1S/C22H19N5OS/c28-22(14-17-10-12-19(13-11-17)27-16-24-25-26-27)23-15-18-6-4-5-9-21(18)29-20-7-2-1-3-8-20/h1-13,16H,14-15H2,(H,23,28). The highest BCUT2D eigenvalue weighted by molar-refractivity contribution is 7.99. The second-order valence-electron chi connectivity index (χ2n) is 6.40. The molecule has 1 N–H and O–H groups in total. The fourth-order valence-electron chi connectivity index (χ4n) is 2.85. The Kier molecular flexibility index (Phi) is 5.97. The molecule has 29 heavy (non-hydrogen) atoms. The summed E-state index contributed by atoms with van der Waals surface area (Å²) in [5.41, 5.74) is 2.89. The summed E-state index contributed by atoms with van der Waals surface area (Å²) in [7, 11) is 0. The molecule has 0 spiro atoms. The first-order valence-corrected chi connectivity index (χ1v) is 9.99. The molecule has 0 fully saturated rings. The lowest BCUT2D eigenvalue weighted by Crippen LogP contribution is -2.24. The first-order chi connectivity index (χ1) is 14.3. The second-order valence-corrected chi connectivity index (χ2v) is 7.51. The Bertz CT molecular complexity index is 1070. The lowest BCUT2D eigenvalue weighted by molar-refractivity contribution is -0.120. The molecule has 0 aliphatic heterocycles. The molecule has 1 aromatic heterocycles. The maximum atomic E-state index is 12.4. The van der Waals surface area contributed by atoms with Crippen LogP contribution in [-0.4, -0.2) is 26.1 Å². The smallest absolute Gasteiger partial charge is 0.224 e. The molecule has 1 heterocycles. The van der Waals surface area contributed by atoms with Crippen molar-refractivity contribution in [2.75, 3.05) is 0 Å². The average Bonchev–Trinajstić information content (AvgIpc) is 3.29. The van der Waals surface area contributed by atoms with E-state index in [0.717, 1.165) is 21.7 Å². The maximum Gasteiger partial charge on any atom is 0.224 e. The van der Waals surface area contributed by atoms with Gasteiger partial charge >= 0.3 is 0 Å². The quantitative estimate of drug-likeness (QED) is 0.511. The minimum atomic E-state index is -0.0142. The van der Waals surface area contributed by atoms with Crippen LogP contribution in [0.5, 0.6) is 0 Å². The summed E-state index contributed by atoms with van der Waals surface area (Å²) in [6.45, 7) is 0.498. The number of amides is 1. The Hall–Kier alpha value is -3.45. The topological polar surface area (TPSA) is 72.7 Å². The van der Waals surface area contributed by atoms with E-state index in [1.807, 2.05) is 60.7 Å². The third-order valence-electron chi connectivity index (χ3n) is 4.33. The van der Waals surface area contributed by atoms with Gasteiger partial charge in [-0.25, -0.2) is 4.68 Å². The van der Waals surface area contributed by atoms with E-state index in [1.165, 1.54) is 11.2 Å². The molecule has 0 bridgehead atoms. The van der Waals surface area contributed by atoms with Crippen molar-refractivity contribution in [1.82, 2.24) is 25.5 Å². The molecule has 4 rings (SSSR count). The number of benzene rings is 3. The fourth-order valence-corrected chi connectivity index (χ4v) is 3.82. The average molecular weight is 401 g/mol. The first kappa shape index (κ1) is 18.9. The Morgan fingerprint density at radius 3 is 2.45 bits per heavy atom. The maximum absolute atomic E-state index is 12.4. The van der Waals surface area contributed by atoms with Gasteiger partial charge in [-0.15, -0.1) is 5.10 Å². The van der Waals surface area contributed by atoms with Crippen LogP contribution in [0.3, 0.4) is 0 Å². The minimum absolute atomic E-state index is 0.0142. The van der Waals surface area contributed by atoms with Gasteiger partial charge in [0.1, 0.15) is 6.33 Å². The van der Waals surface area contributed by atoms with E-state index in [0.29, 0.717) is 13.0 Å². The normalized spacial score (nSPS) is 10.6. The van der Waals surface area contributed by atoms with Crippen LogP contribution in [-0.2, 0) is 17.8 Å². The molecule has 0 aliphatic rings. The van der Waals surface area contributed by atoms with Crippen molar-refractivity contribution in [3.05, 3.63) is 96.3 Å². The van der Waals surface area contributed by atoms with Crippen LogP contribution in [0.25, 0.3) is 5.69 Å².